The van der Waals surface area contributed by atoms with Gasteiger partial charge in [-0.15, -0.1) is 0 Å². The van der Waals surface area contributed by atoms with Gasteiger partial charge in [0, 0.05) is 12.5 Å². The zero-order chi connectivity index (χ0) is 16.8. The van der Waals surface area contributed by atoms with Gasteiger partial charge >= 0.3 is 0 Å². The van der Waals surface area contributed by atoms with Crippen molar-refractivity contribution in [2.24, 2.45) is 0 Å². The van der Waals surface area contributed by atoms with Crippen LogP contribution in [0, 0.1) is 6.92 Å². The SMILES string of the molecule is Cc1occc1C(=O)NCCC(c1ccccc1)c1ccccc1. The zero-order valence-corrected chi connectivity index (χ0v) is 13.7. The molecule has 24 heavy (non-hydrogen) atoms. The molecule has 1 N–H and O–H groups in total. The molecule has 0 unspecified atom stereocenters. The molecule has 3 rings (SSSR count). The van der Waals surface area contributed by atoms with E-state index in [9.17, 15) is 4.79 Å². The van der Waals surface area contributed by atoms with Crippen molar-refractivity contribution >= 4 is 5.91 Å². The van der Waals surface area contributed by atoms with E-state index in [0.717, 1.165) is 6.42 Å². The topological polar surface area (TPSA) is 42.2 Å². The molecule has 0 atom stereocenters. The molecular formula is C21H21NO2. The van der Waals surface area contributed by atoms with Crippen LogP contribution in [0.4, 0.5) is 0 Å². The zero-order valence-electron chi connectivity index (χ0n) is 13.7. The molecule has 0 bridgehead atoms. The summed E-state index contributed by atoms with van der Waals surface area (Å²) in [5, 5.41) is 3.00. The number of carbonyl (C=O) groups is 1. The summed E-state index contributed by atoms with van der Waals surface area (Å²) >= 11 is 0. The average molecular weight is 319 g/mol. The standard InChI is InChI=1S/C21H21NO2/c1-16-19(13-15-24-16)21(23)22-14-12-20(17-8-4-2-5-9-17)18-10-6-3-7-11-18/h2-11,13,15,20H,12,14H2,1H3,(H,22,23). The van der Waals surface area contributed by atoms with Crippen molar-refractivity contribution in [1.82, 2.24) is 5.32 Å². The van der Waals surface area contributed by atoms with Crippen molar-refractivity contribution in [3.05, 3.63) is 95.4 Å². The predicted molar refractivity (Wildman–Crippen MR) is 95.1 cm³/mol. The van der Waals surface area contributed by atoms with E-state index in [2.05, 4.69) is 53.8 Å². The van der Waals surface area contributed by atoms with Crippen LogP contribution in [-0.4, -0.2) is 12.5 Å². The lowest BCUT2D eigenvalue weighted by Gasteiger charge is -2.18. The first-order valence-corrected chi connectivity index (χ1v) is 8.18. The number of furan rings is 1. The molecule has 0 fully saturated rings. The van der Waals surface area contributed by atoms with E-state index in [-0.39, 0.29) is 11.8 Å². The molecule has 0 aliphatic rings. The molecule has 0 saturated heterocycles. The fourth-order valence-corrected chi connectivity index (χ4v) is 2.94. The number of benzene rings is 2. The normalized spacial score (nSPS) is 10.8. The van der Waals surface area contributed by atoms with Gasteiger partial charge in [-0.1, -0.05) is 60.7 Å². The van der Waals surface area contributed by atoms with Gasteiger partial charge in [0.05, 0.1) is 11.8 Å². The van der Waals surface area contributed by atoms with E-state index in [4.69, 9.17) is 4.42 Å². The largest absolute Gasteiger partial charge is 0.469 e. The molecule has 0 aliphatic carbocycles. The highest BCUT2D eigenvalue weighted by Gasteiger charge is 2.15. The van der Waals surface area contributed by atoms with Crippen LogP contribution in [0.1, 0.15) is 39.6 Å². The molecule has 3 aromatic rings. The Morgan fingerprint density at radius 2 is 1.54 bits per heavy atom. The van der Waals surface area contributed by atoms with Crippen LogP contribution in [-0.2, 0) is 0 Å². The minimum atomic E-state index is -0.0823. The summed E-state index contributed by atoms with van der Waals surface area (Å²) in [5.74, 6) is 0.828. The fraction of sp³-hybridized carbons (Fsp3) is 0.190. The minimum absolute atomic E-state index is 0.0823. The smallest absolute Gasteiger partial charge is 0.254 e. The Hall–Kier alpha value is -2.81. The molecule has 0 radical (unpaired) electrons. The van der Waals surface area contributed by atoms with Crippen molar-refractivity contribution in [2.75, 3.05) is 6.54 Å². The fourth-order valence-electron chi connectivity index (χ4n) is 2.94. The maximum atomic E-state index is 12.2. The molecule has 1 aromatic heterocycles. The first kappa shape index (κ1) is 16.1. The second kappa shape index (κ2) is 7.64. The van der Waals surface area contributed by atoms with Gasteiger partial charge in [-0.2, -0.15) is 0 Å². The third-order valence-electron chi connectivity index (χ3n) is 4.23. The molecule has 0 aliphatic heterocycles. The Morgan fingerprint density at radius 1 is 0.958 bits per heavy atom. The van der Waals surface area contributed by atoms with Gasteiger partial charge in [-0.3, -0.25) is 4.79 Å². The van der Waals surface area contributed by atoms with E-state index in [0.29, 0.717) is 17.9 Å². The summed E-state index contributed by atoms with van der Waals surface area (Å²) in [6.07, 6.45) is 2.39. The Morgan fingerprint density at radius 3 is 2.04 bits per heavy atom. The summed E-state index contributed by atoms with van der Waals surface area (Å²) in [5.41, 5.74) is 3.13. The highest BCUT2D eigenvalue weighted by Crippen LogP contribution is 2.27. The molecule has 0 spiro atoms. The predicted octanol–water partition coefficient (Wildman–Crippen LogP) is 4.54. The Kier molecular flexibility index (Phi) is 5.12. The maximum absolute atomic E-state index is 12.2. The second-order valence-electron chi connectivity index (χ2n) is 5.81. The van der Waals surface area contributed by atoms with Gasteiger partial charge in [0.15, 0.2) is 0 Å². The van der Waals surface area contributed by atoms with Gasteiger partial charge < -0.3 is 9.73 Å². The molecular weight excluding hydrogens is 298 g/mol. The molecule has 3 heteroatoms. The van der Waals surface area contributed by atoms with E-state index in [1.165, 1.54) is 11.1 Å². The van der Waals surface area contributed by atoms with Gasteiger partial charge in [-0.25, -0.2) is 0 Å². The number of nitrogens with one attached hydrogen (secondary N) is 1. The van der Waals surface area contributed by atoms with Crippen LogP contribution < -0.4 is 5.32 Å². The van der Waals surface area contributed by atoms with Gasteiger partial charge in [-0.05, 0) is 30.5 Å². The molecule has 0 saturated carbocycles. The number of hydrogen-bond donors (Lipinski definition) is 1. The average Bonchev–Trinajstić information content (AvgIpc) is 3.06. The molecule has 1 amide bonds. The Labute approximate surface area is 142 Å². The quantitative estimate of drug-likeness (QED) is 0.725. The van der Waals surface area contributed by atoms with Crippen molar-refractivity contribution in [3.8, 4) is 0 Å². The third-order valence-corrected chi connectivity index (χ3v) is 4.23. The van der Waals surface area contributed by atoms with Crippen molar-refractivity contribution < 1.29 is 9.21 Å². The molecule has 3 nitrogen and oxygen atoms in total. The van der Waals surface area contributed by atoms with Crippen LogP contribution in [0.2, 0.25) is 0 Å². The summed E-state index contributed by atoms with van der Waals surface area (Å²) in [6, 6.07) is 22.5. The van der Waals surface area contributed by atoms with Gasteiger partial charge in [0.25, 0.3) is 5.91 Å². The summed E-state index contributed by atoms with van der Waals surface area (Å²) in [4.78, 5) is 12.2. The maximum Gasteiger partial charge on any atom is 0.254 e. The second-order valence-corrected chi connectivity index (χ2v) is 5.81. The van der Waals surface area contributed by atoms with Crippen LogP contribution in [0.3, 0.4) is 0 Å². The van der Waals surface area contributed by atoms with E-state index < -0.39 is 0 Å². The van der Waals surface area contributed by atoms with Gasteiger partial charge in [0.1, 0.15) is 5.76 Å². The number of aryl methyl sites for hydroxylation is 1. The third kappa shape index (κ3) is 3.74. The Bertz CT molecular complexity index is 738. The monoisotopic (exact) mass is 319 g/mol. The lowest BCUT2D eigenvalue weighted by molar-refractivity contribution is 0.0951. The lowest BCUT2D eigenvalue weighted by atomic mass is 9.88. The first-order chi connectivity index (χ1) is 11.8. The summed E-state index contributed by atoms with van der Waals surface area (Å²) in [7, 11) is 0. The van der Waals surface area contributed by atoms with Crippen molar-refractivity contribution in [3.63, 3.8) is 0 Å². The van der Waals surface area contributed by atoms with E-state index in [1.54, 1.807) is 19.3 Å². The van der Waals surface area contributed by atoms with Crippen LogP contribution >= 0.6 is 0 Å². The number of amides is 1. The van der Waals surface area contributed by atoms with Gasteiger partial charge in [0.2, 0.25) is 0 Å². The minimum Gasteiger partial charge on any atom is -0.469 e. The van der Waals surface area contributed by atoms with Crippen LogP contribution in [0.5, 0.6) is 0 Å². The van der Waals surface area contributed by atoms with E-state index >= 15 is 0 Å². The highest BCUT2D eigenvalue weighted by atomic mass is 16.3. The number of hydrogen-bond acceptors (Lipinski definition) is 2. The molecule has 2 aromatic carbocycles. The van der Waals surface area contributed by atoms with Crippen molar-refractivity contribution in [2.45, 2.75) is 19.3 Å². The number of carbonyl (C=O) groups excluding carboxylic acids is 1. The lowest BCUT2D eigenvalue weighted by Crippen LogP contribution is -2.26. The van der Waals surface area contributed by atoms with Crippen molar-refractivity contribution in [1.29, 1.82) is 0 Å². The number of rotatable bonds is 6. The van der Waals surface area contributed by atoms with Crippen LogP contribution in [0.25, 0.3) is 0 Å². The first-order valence-electron chi connectivity index (χ1n) is 8.18. The molecule has 1 heterocycles. The van der Waals surface area contributed by atoms with E-state index in [1.807, 2.05) is 12.1 Å². The Balaban J connectivity index is 1.69. The summed E-state index contributed by atoms with van der Waals surface area (Å²) < 4.78 is 5.19. The highest BCUT2D eigenvalue weighted by molar-refractivity contribution is 5.94. The van der Waals surface area contributed by atoms with Crippen LogP contribution in [0.15, 0.2) is 77.4 Å². The molecule has 122 valence electrons. The summed E-state index contributed by atoms with van der Waals surface area (Å²) in [6.45, 7) is 2.41.